The summed E-state index contributed by atoms with van der Waals surface area (Å²) >= 11 is 0. The van der Waals surface area contributed by atoms with Gasteiger partial charge in [-0.15, -0.1) is 0 Å². The topological polar surface area (TPSA) is 35.6 Å². The van der Waals surface area contributed by atoms with E-state index in [1.165, 1.54) is 0 Å². The summed E-state index contributed by atoms with van der Waals surface area (Å²) in [6.07, 6.45) is 7.85. The second kappa shape index (κ2) is 4.63. The number of benzene rings is 1. The van der Waals surface area contributed by atoms with Crippen molar-refractivity contribution in [3.8, 4) is 16.8 Å². The third kappa shape index (κ3) is 2.37. The van der Waals surface area contributed by atoms with Gasteiger partial charge < -0.3 is 0 Å². The third-order valence-electron chi connectivity index (χ3n) is 3.21. The molecule has 0 saturated heterocycles. The first kappa shape index (κ1) is 12.7. The molecule has 0 fully saturated rings. The van der Waals surface area contributed by atoms with E-state index in [2.05, 4.69) is 37.2 Å². The molecule has 2 heterocycles. The Labute approximate surface area is 118 Å². The van der Waals surface area contributed by atoms with Gasteiger partial charge in [0.05, 0.1) is 23.6 Å². The lowest BCUT2D eigenvalue weighted by Gasteiger charge is -2.18. The monoisotopic (exact) mass is 266 g/mol. The van der Waals surface area contributed by atoms with Crippen molar-refractivity contribution in [1.29, 1.82) is 0 Å². The van der Waals surface area contributed by atoms with Gasteiger partial charge in [0.2, 0.25) is 0 Å². The van der Waals surface area contributed by atoms with E-state index in [1.54, 1.807) is 0 Å². The zero-order chi connectivity index (χ0) is 14.2. The zero-order valence-electron chi connectivity index (χ0n) is 12.0. The van der Waals surface area contributed by atoms with Crippen LogP contribution in [0.15, 0.2) is 55.1 Å². The van der Waals surface area contributed by atoms with E-state index in [-0.39, 0.29) is 5.54 Å². The smallest absolute Gasteiger partial charge is 0.0645 e. The van der Waals surface area contributed by atoms with Crippen LogP contribution in [0.3, 0.4) is 0 Å². The highest BCUT2D eigenvalue weighted by atomic mass is 15.3. The molecule has 0 spiro atoms. The molecule has 0 bridgehead atoms. The van der Waals surface area contributed by atoms with Crippen molar-refractivity contribution in [2.24, 2.45) is 0 Å². The van der Waals surface area contributed by atoms with Gasteiger partial charge >= 0.3 is 0 Å². The summed E-state index contributed by atoms with van der Waals surface area (Å²) in [6, 6.07) is 10.1. The molecule has 3 aromatic rings. The van der Waals surface area contributed by atoms with Gasteiger partial charge in [0.1, 0.15) is 0 Å². The zero-order valence-corrected chi connectivity index (χ0v) is 12.0. The molecular weight excluding hydrogens is 248 g/mol. The van der Waals surface area contributed by atoms with Crippen LogP contribution in [0.1, 0.15) is 20.8 Å². The summed E-state index contributed by atoms with van der Waals surface area (Å²) in [5.41, 5.74) is 3.21. The minimum atomic E-state index is -0.00628. The molecule has 0 aliphatic rings. The summed E-state index contributed by atoms with van der Waals surface area (Å²) in [5.74, 6) is 0. The Balaban J connectivity index is 1.93. The average molecular weight is 266 g/mol. The molecular formula is C16H18N4. The fourth-order valence-corrected chi connectivity index (χ4v) is 2.03. The fraction of sp³-hybridized carbons (Fsp3) is 0.250. The van der Waals surface area contributed by atoms with E-state index in [0.717, 1.165) is 16.8 Å². The van der Waals surface area contributed by atoms with E-state index in [9.17, 15) is 0 Å². The molecule has 0 N–H and O–H groups in total. The molecule has 0 unspecified atom stereocenters. The Morgan fingerprint density at radius 3 is 2.15 bits per heavy atom. The maximum absolute atomic E-state index is 4.43. The van der Waals surface area contributed by atoms with Crippen molar-refractivity contribution in [1.82, 2.24) is 19.6 Å². The first-order valence-electron chi connectivity index (χ1n) is 6.70. The van der Waals surface area contributed by atoms with Gasteiger partial charge in [0, 0.05) is 23.5 Å². The van der Waals surface area contributed by atoms with Crippen LogP contribution in [-0.2, 0) is 5.54 Å². The van der Waals surface area contributed by atoms with Crippen LogP contribution in [-0.4, -0.2) is 19.6 Å². The Hall–Kier alpha value is -2.36. The molecule has 0 aliphatic carbocycles. The van der Waals surface area contributed by atoms with Crippen LogP contribution in [0.2, 0.25) is 0 Å². The molecule has 20 heavy (non-hydrogen) atoms. The summed E-state index contributed by atoms with van der Waals surface area (Å²) in [5, 5.41) is 8.84. The van der Waals surface area contributed by atoms with Crippen LogP contribution in [0, 0.1) is 0 Å². The Morgan fingerprint density at radius 2 is 1.50 bits per heavy atom. The van der Waals surface area contributed by atoms with E-state index >= 15 is 0 Å². The molecule has 0 aliphatic heterocycles. The lowest BCUT2D eigenvalue weighted by molar-refractivity contribution is 0.355. The van der Waals surface area contributed by atoms with E-state index in [1.807, 2.05) is 58.3 Å². The number of rotatable bonds is 2. The van der Waals surface area contributed by atoms with Crippen LogP contribution in [0.25, 0.3) is 16.8 Å². The number of hydrogen-bond acceptors (Lipinski definition) is 2. The van der Waals surface area contributed by atoms with Crippen molar-refractivity contribution in [2.45, 2.75) is 26.3 Å². The Kier molecular flexibility index (Phi) is 2.93. The SMILES string of the molecule is CC(C)(C)n1cc(-c2cnn(-c3ccccc3)c2)cn1. The molecule has 4 heteroatoms. The number of aromatic nitrogens is 4. The molecule has 4 nitrogen and oxygen atoms in total. The minimum absolute atomic E-state index is 0.00628. The van der Waals surface area contributed by atoms with Gasteiger partial charge in [-0.25, -0.2) is 4.68 Å². The van der Waals surface area contributed by atoms with Gasteiger partial charge in [0.25, 0.3) is 0 Å². The lowest BCUT2D eigenvalue weighted by atomic mass is 10.1. The van der Waals surface area contributed by atoms with E-state index < -0.39 is 0 Å². The number of hydrogen-bond donors (Lipinski definition) is 0. The van der Waals surface area contributed by atoms with Gasteiger partial charge in [-0.3, -0.25) is 4.68 Å². The molecule has 3 rings (SSSR count). The first-order valence-corrected chi connectivity index (χ1v) is 6.70. The predicted molar refractivity (Wildman–Crippen MR) is 79.8 cm³/mol. The highest BCUT2D eigenvalue weighted by molar-refractivity contribution is 5.60. The number of nitrogens with zero attached hydrogens (tertiary/aromatic N) is 4. The largest absolute Gasteiger partial charge is 0.267 e. The molecule has 0 radical (unpaired) electrons. The summed E-state index contributed by atoms with van der Waals surface area (Å²) in [4.78, 5) is 0. The predicted octanol–water partition coefficient (Wildman–Crippen LogP) is 3.49. The molecule has 0 amide bonds. The van der Waals surface area contributed by atoms with Crippen LogP contribution in [0.4, 0.5) is 0 Å². The maximum Gasteiger partial charge on any atom is 0.0645 e. The van der Waals surface area contributed by atoms with Crippen LogP contribution >= 0.6 is 0 Å². The average Bonchev–Trinajstić information content (AvgIpc) is 3.08. The molecule has 0 saturated carbocycles. The quantitative estimate of drug-likeness (QED) is 0.711. The van der Waals surface area contributed by atoms with E-state index in [4.69, 9.17) is 0 Å². The van der Waals surface area contributed by atoms with Crippen molar-refractivity contribution in [2.75, 3.05) is 0 Å². The van der Waals surface area contributed by atoms with Gasteiger partial charge in [-0.2, -0.15) is 10.2 Å². The molecule has 2 aromatic heterocycles. The number of para-hydroxylation sites is 1. The Bertz CT molecular complexity index is 701. The third-order valence-corrected chi connectivity index (χ3v) is 3.21. The van der Waals surface area contributed by atoms with Crippen LogP contribution < -0.4 is 0 Å². The van der Waals surface area contributed by atoms with Crippen molar-refractivity contribution in [3.63, 3.8) is 0 Å². The maximum atomic E-state index is 4.43. The van der Waals surface area contributed by atoms with Crippen molar-refractivity contribution < 1.29 is 0 Å². The fourth-order valence-electron chi connectivity index (χ4n) is 2.03. The van der Waals surface area contributed by atoms with Crippen LogP contribution in [0.5, 0.6) is 0 Å². The standard InChI is InChI=1S/C16H18N4/c1-16(2,3)20-12-14(10-18-20)13-9-17-19(11-13)15-7-5-4-6-8-15/h4-12H,1-3H3. The lowest BCUT2D eigenvalue weighted by Crippen LogP contribution is -2.21. The summed E-state index contributed by atoms with van der Waals surface area (Å²) in [7, 11) is 0. The van der Waals surface area contributed by atoms with Gasteiger partial charge in [0.15, 0.2) is 0 Å². The van der Waals surface area contributed by atoms with Crippen molar-refractivity contribution >= 4 is 0 Å². The Morgan fingerprint density at radius 1 is 0.850 bits per heavy atom. The molecule has 0 atom stereocenters. The molecule has 102 valence electrons. The molecule has 1 aromatic carbocycles. The second-order valence-electron chi connectivity index (χ2n) is 5.85. The highest BCUT2D eigenvalue weighted by Gasteiger charge is 2.15. The highest BCUT2D eigenvalue weighted by Crippen LogP contribution is 2.22. The van der Waals surface area contributed by atoms with E-state index in [0.29, 0.717) is 0 Å². The van der Waals surface area contributed by atoms with Gasteiger partial charge in [-0.05, 0) is 32.9 Å². The summed E-state index contributed by atoms with van der Waals surface area (Å²) < 4.78 is 3.85. The normalized spacial score (nSPS) is 11.8. The second-order valence-corrected chi connectivity index (χ2v) is 5.85. The van der Waals surface area contributed by atoms with Gasteiger partial charge in [-0.1, -0.05) is 18.2 Å². The first-order chi connectivity index (χ1) is 9.54. The van der Waals surface area contributed by atoms with Crippen molar-refractivity contribution in [3.05, 3.63) is 55.1 Å². The minimum Gasteiger partial charge on any atom is -0.267 e. The summed E-state index contributed by atoms with van der Waals surface area (Å²) in [6.45, 7) is 6.41.